The summed E-state index contributed by atoms with van der Waals surface area (Å²) in [5.41, 5.74) is 2.69. The van der Waals surface area contributed by atoms with E-state index in [0.717, 1.165) is 29.7 Å². The third-order valence-corrected chi connectivity index (χ3v) is 3.92. The predicted molar refractivity (Wildman–Crippen MR) is 82.5 cm³/mol. The number of anilines is 1. The van der Waals surface area contributed by atoms with Crippen LogP contribution in [0, 0.1) is 0 Å². The van der Waals surface area contributed by atoms with Crippen LogP contribution >= 0.6 is 0 Å². The highest BCUT2D eigenvalue weighted by Crippen LogP contribution is 2.49. The first-order chi connectivity index (χ1) is 9.74. The van der Waals surface area contributed by atoms with Crippen molar-refractivity contribution in [2.24, 2.45) is 0 Å². The molecule has 1 aliphatic rings. The van der Waals surface area contributed by atoms with E-state index in [9.17, 15) is 4.79 Å². The van der Waals surface area contributed by atoms with Gasteiger partial charge in [-0.1, -0.05) is 55.1 Å². The first-order valence-corrected chi connectivity index (χ1v) is 6.84. The van der Waals surface area contributed by atoms with Gasteiger partial charge in [0, 0.05) is 5.69 Å². The summed E-state index contributed by atoms with van der Waals surface area (Å²) in [7, 11) is 0. The fourth-order valence-electron chi connectivity index (χ4n) is 2.48. The Morgan fingerprint density at radius 3 is 2.25 bits per heavy atom. The summed E-state index contributed by atoms with van der Waals surface area (Å²) in [6.07, 6.45) is 3.64. The second kappa shape index (κ2) is 4.97. The first kappa shape index (κ1) is 12.7. The molecule has 0 spiro atoms. The summed E-state index contributed by atoms with van der Waals surface area (Å²) in [5.74, 6) is 0.0926. The Morgan fingerprint density at radius 1 is 1.05 bits per heavy atom. The summed E-state index contributed by atoms with van der Waals surface area (Å²) in [5, 5.41) is 3.01. The number of amides is 1. The number of nitrogens with one attached hydrogen (secondary N) is 1. The fraction of sp³-hybridized carbons (Fsp3) is 0.167. The highest BCUT2D eigenvalue weighted by Gasteiger charge is 2.51. The molecule has 0 heterocycles. The topological polar surface area (TPSA) is 29.1 Å². The fourth-order valence-corrected chi connectivity index (χ4v) is 2.48. The average molecular weight is 263 g/mol. The van der Waals surface area contributed by atoms with Gasteiger partial charge in [0.1, 0.15) is 0 Å². The molecule has 1 amide bonds. The molecule has 0 unspecified atom stereocenters. The van der Waals surface area contributed by atoms with E-state index < -0.39 is 0 Å². The quantitative estimate of drug-likeness (QED) is 0.887. The van der Waals surface area contributed by atoms with Crippen LogP contribution < -0.4 is 5.32 Å². The predicted octanol–water partition coefficient (Wildman–Crippen LogP) is 4.00. The summed E-state index contributed by atoms with van der Waals surface area (Å²) in [6, 6.07) is 17.7. The zero-order valence-corrected chi connectivity index (χ0v) is 11.3. The van der Waals surface area contributed by atoms with Crippen molar-refractivity contribution in [2.45, 2.75) is 18.3 Å². The van der Waals surface area contributed by atoms with Crippen molar-refractivity contribution >= 4 is 17.7 Å². The lowest BCUT2D eigenvalue weighted by Crippen LogP contribution is -2.27. The number of benzene rings is 2. The lowest BCUT2D eigenvalue weighted by atomic mass is 9.94. The van der Waals surface area contributed by atoms with Crippen LogP contribution in [0.4, 0.5) is 5.69 Å². The Hall–Kier alpha value is -2.35. The van der Waals surface area contributed by atoms with Crippen LogP contribution in [-0.4, -0.2) is 5.91 Å². The molecular formula is C18H17NO. The zero-order valence-electron chi connectivity index (χ0n) is 11.3. The van der Waals surface area contributed by atoms with Gasteiger partial charge >= 0.3 is 0 Å². The van der Waals surface area contributed by atoms with E-state index in [0.29, 0.717) is 0 Å². The van der Waals surface area contributed by atoms with Gasteiger partial charge in [0.15, 0.2) is 0 Å². The van der Waals surface area contributed by atoms with E-state index in [1.807, 2.05) is 60.7 Å². The maximum absolute atomic E-state index is 12.5. The molecular weight excluding hydrogens is 246 g/mol. The zero-order chi connectivity index (χ0) is 14.0. The molecule has 20 heavy (non-hydrogen) atoms. The maximum Gasteiger partial charge on any atom is 0.235 e. The lowest BCUT2D eigenvalue weighted by Gasteiger charge is -2.16. The minimum absolute atomic E-state index is 0.0926. The van der Waals surface area contributed by atoms with Crippen molar-refractivity contribution in [3.63, 3.8) is 0 Å². The number of para-hydroxylation sites is 1. The molecule has 0 saturated heterocycles. The molecule has 1 fully saturated rings. The number of rotatable bonds is 4. The van der Waals surface area contributed by atoms with Gasteiger partial charge in [-0.25, -0.2) is 0 Å². The Morgan fingerprint density at radius 2 is 1.70 bits per heavy atom. The Kier molecular flexibility index (Phi) is 3.15. The van der Waals surface area contributed by atoms with Gasteiger partial charge in [0.05, 0.1) is 5.41 Å². The van der Waals surface area contributed by atoms with E-state index in [4.69, 9.17) is 0 Å². The van der Waals surface area contributed by atoms with Crippen LogP contribution in [0.1, 0.15) is 24.0 Å². The van der Waals surface area contributed by atoms with Crippen molar-refractivity contribution in [3.05, 3.63) is 72.3 Å². The summed E-state index contributed by atoms with van der Waals surface area (Å²) >= 11 is 0. The van der Waals surface area contributed by atoms with Gasteiger partial charge in [-0.2, -0.15) is 0 Å². The molecule has 0 radical (unpaired) electrons. The SMILES string of the molecule is C=Cc1ccc(C2(C(=O)Nc3ccccc3)CC2)cc1. The van der Waals surface area contributed by atoms with Gasteiger partial charge in [-0.05, 0) is 36.1 Å². The normalized spacial score (nSPS) is 15.4. The molecule has 3 rings (SSSR count). The molecule has 1 aliphatic carbocycles. The third kappa shape index (κ3) is 2.25. The molecule has 2 aromatic carbocycles. The standard InChI is InChI=1S/C18H17NO/c1-2-14-8-10-15(11-9-14)18(12-13-18)17(20)19-16-6-4-3-5-7-16/h2-11H,1,12-13H2,(H,19,20). The highest BCUT2D eigenvalue weighted by molar-refractivity contribution is 6.01. The summed E-state index contributed by atoms with van der Waals surface area (Å²) in [6.45, 7) is 3.75. The van der Waals surface area contributed by atoms with Crippen molar-refractivity contribution in [2.75, 3.05) is 5.32 Å². The molecule has 0 bridgehead atoms. The van der Waals surface area contributed by atoms with Crippen molar-refractivity contribution in [3.8, 4) is 0 Å². The van der Waals surface area contributed by atoms with Gasteiger partial charge in [-0.15, -0.1) is 0 Å². The van der Waals surface area contributed by atoms with Crippen LogP contribution in [0.2, 0.25) is 0 Å². The molecule has 100 valence electrons. The van der Waals surface area contributed by atoms with E-state index in [1.165, 1.54) is 0 Å². The molecule has 1 saturated carbocycles. The molecule has 0 aromatic heterocycles. The second-order valence-corrected chi connectivity index (χ2v) is 5.23. The summed E-state index contributed by atoms with van der Waals surface area (Å²) in [4.78, 5) is 12.5. The highest BCUT2D eigenvalue weighted by atomic mass is 16.2. The number of hydrogen-bond donors (Lipinski definition) is 1. The van der Waals surface area contributed by atoms with Crippen LogP contribution in [-0.2, 0) is 10.2 Å². The molecule has 1 N–H and O–H groups in total. The molecule has 2 heteroatoms. The molecule has 0 atom stereocenters. The maximum atomic E-state index is 12.5. The van der Waals surface area contributed by atoms with Gasteiger partial charge in [-0.3, -0.25) is 4.79 Å². The van der Waals surface area contributed by atoms with Crippen LogP contribution in [0.5, 0.6) is 0 Å². The number of carbonyl (C=O) groups excluding carboxylic acids is 1. The largest absolute Gasteiger partial charge is 0.325 e. The molecule has 2 aromatic rings. The average Bonchev–Trinajstić information content (AvgIpc) is 3.30. The minimum Gasteiger partial charge on any atom is -0.325 e. The Bertz CT molecular complexity index is 624. The van der Waals surface area contributed by atoms with Crippen LogP contribution in [0.25, 0.3) is 6.08 Å². The smallest absolute Gasteiger partial charge is 0.235 e. The Labute approximate surface area is 119 Å². The van der Waals surface area contributed by atoms with Crippen LogP contribution in [0.15, 0.2) is 61.2 Å². The van der Waals surface area contributed by atoms with Crippen molar-refractivity contribution < 1.29 is 4.79 Å². The first-order valence-electron chi connectivity index (χ1n) is 6.84. The Balaban J connectivity index is 1.81. The number of carbonyl (C=O) groups is 1. The number of hydrogen-bond acceptors (Lipinski definition) is 1. The van der Waals surface area contributed by atoms with Crippen LogP contribution in [0.3, 0.4) is 0 Å². The van der Waals surface area contributed by atoms with E-state index in [2.05, 4.69) is 11.9 Å². The monoisotopic (exact) mass is 263 g/mol. The third-order valence-electron chi connectivity index (χ3n) is 3.92. The van der Waals surface area contributed by atoms with Crippen molar-refractivity contribution in [1.29, 1.82) is 0 Å². The minimum atomic E-state index is -0.338. The lowest BCUT2D eigenvalue weighted by molar-refractivity contribution is -0.118. The summed E-state index contributed by atoms with van der Waals surface area (Å²) < 4.78 is 0. The van der Waals surface area contributed by atoms with Gasteiger partial charge in [0.25, 0.3) is 0 Å². The second-order valence-electron chi connectivity index (χ2n) is 5.23. The van der Waals surface area contributed by atoms with Crippen molar-refractivity contribution in [1.82, 2.24) is 0 Å². The van der Waals surface area contributed by atoms with E-state index >= 15 is 0 Å². The van der Waals surface area contributed by atoms with E-state index in [-0.39, 0.29) is 11.3 Å². The molecule has 2 nitrogen and oxygen atoms in total. The van der Waals surface area contributed by atoms with E-state index in [1.54, 1.807) is 0 Å². The molecule has 0 aliphatic heterocycles. The van der Waals surface area contributed by atoms with Gasteiger partial charge in [0.2, 0.25) is 5.91 Å². The van der Waals surface area contributed by atoms with Gasteiger partial charge < -0.3 is 5.32 Å².